The molecule has 0 aliphatic rings. The topological polar surface area (TPSA) is 77.1 Å². The third-order valence-electron chi connectivity index (χ3n) is 4.35. The van der Waals surface area contributed by atoms with Gasteiger partial charge in [0.25, 0.3) is 0 Å². The molecule has 0 spiro atoms. The highest BCUT2D eigenvalue weighted by Crippen LogP contribution is 2.23. The Hall–Kier alpha value is -3.85. The van der Waals surface area contributed by atoms with Crippen LogP contribution in [-0.2, 0) is 13.2 Å². The number of hydrogen-bond acceptors (Lipinski definition) is 5. The van der Waals surface area contributed by atoms with Crippen molar-refractivity contribution in [1.29, 1.82) is 5.26 Å². The first-order valence-electron chi connectivity index (χ1n) is 9.17. The van der Waals surface area contributed by atoms with Gasteiger partial charge in [-0.05, 0) is 55.0 Å². The van der Waals surface area contributed by atoms with E-state index in [2.05, 4.69) is 11.2 Å². The van der Waals surface area contributed by atoms with Gasteiger partial charge in [-0.2, -0.15) is 10.4 Å². The van der Waals surface area contributed by atoms with Crippen molar-refractivity contribution in [1.82, 2.24) is 9.78 Å². The molecule has 3 aromatic rings. The van der Waals surface area contributed by atoms with E-state index >= 15 is 0 Å². The standard InChI is InChI=1S/C23H21N3O3/c1-3-26-15-20(14-25-26)22(27)10-6-17-7-11-23(28-2)19(12-17)16-29-21-8-4-18(13-24)5-9-21/h4-12,14-15H,3,16H2,1-2H3/b10-6+. The number of aryl methyl sites for hydroxylation is 1. The fourth-order valence-electron chi connectivity index (χ4n) is 2.73. The molecule has 1 aromatic heterocycles. The maximum atomic E-state index is 12.3. The van der Waals surface area contributed by atoms with Gasteiger partial charge in [0.2, 0.25) is 0 Å². The Morgan fingerprint density at radius 3 is 2.69 bits per heavy atom. The number of nitrogens with zero attached hydrogens (tertiary/aromatic N) is 3. The number of carbonyl (C=O) groups is 1. The summed E-state index contributed by atoms with van der Waals surface area (Å²) in [5, 5.41) is 13.0. The molecule has 0 unspecified atom stereocenters. The second kappa shape index (κ2) is 9.38. The summed E-state index contributed by atoms with van der Waals surface area (Å²) in [4.78, 5) is 12.3. The van der Waals surface area contributed by atoms with Crippen LogP contribution in [0, 0.1) is 11.3 Å². The normalized spacial score (nSPS) is 10.7. The summed E-state index contributed by atoms with van der Waals surface area (Å²) in [6.07, 6.45) is 6.60. The lowest BCUT2D eigenvalue weighted by molar-refractivity contribution is 0.104. The van der Waals surface area contributed by atoms with Gasteiger partial charge >= 0.3 is 0 Å². The maximum absolute atomic E-state index is 12.3. The zero-order chi connectivity index (χ0) is 20.6. The van der Waals surface area contributed by atoms with Crippen LogP contribution in [0.1, 0.15) is 34.0 Å². The van der Waals surface area contributed by atoms with E-state index in [0.29, 0.717) is 29.2 Å². The average molecular weight is 387 g/mol. The van der Waals surface area contributed by atoms with Crippen LogP contribution in [0.15, 0.2) is 60.9 Å². The molecule has 1 heterocycles. The van der Waals surface area contributed by atoms with Crippen molar-refractivity contribution in [3.8, 4) is 17.6 Å². The highest BCUT2D eigenvalue weighted by molar-refractivity contribution is 6.06. The van der Waals surface area contributed by atoms with E-state index < -0.39 is 0 Å². The van der Waals surface area contributed by atoms with Gasteiger partial charge in [0.15, 0.2) is 5.78 Å². The molecule has 2 aromatic carbocycles. The lowest BCUT2D eigenvalue weighted by Gasteiger charge is -2.11. The van der Waals surface area contributed by atoms with Crippen molar-refractivity contribution in [2.24, 2.45) is 0 Å². The summed E-state index contributed by atoms with van der Waals surface area (Å²) in [6, 6.07) is 14.6. The number of carbonyl (C=O) groups excluding carboxylic acids is 1. The minimum atomic E-state index is -0.101. The van der Waals surface area contributed by atoms with E-state index in [0.717, 1.165) is 17.7 Å². The molecule has 6 heteroatoms. The van der Waals surface area contributed by atoms with Crippen LogP contribution in [0.4, 0.5) is 0 Å². The van der Waals surface area contributed by atoms with Crippen molar-refractivity contribution < 1.29 is 14.3 Å². The lowest BCUT2D eigenvalue weighted by atomic mass is 10.1. The number of hydrogen-bond donors (Lipinski definition) is 0. The maximum Gasteiger partial charge on any atom is 0.189 e. The Morgan fingerprint density at radius 1 is 1.24 bits per heavy atom. The van der Waals surface area contributed by atoms with Gasteiger partial charge in [-0.3, -0.25) is 9.48 Å². The molecule has 0 fully saturated rings. The van der Waals surface area contributed by atoms with Gasteiger partial charge < -0.3 is 9.47 Å². The highest BCUT2D eigenvalue weighted by Gasteiger charge is 2.07. The van der Waals surface area contributed by atoms with E-state index in [1.54, 1.807) is 54.5 Å². The van der Waals surface area contributed by atoms with Crippen molar-refractivity contribution in [2.45, 2.75) is 20.1 Å². The van der Waals surface area contributed by atoms with Crippen molar-refractivity contribution in [3.05, 3.63) is 83.2 Å². The third kappa shape index (κ3) is 5.11. The van der Waals surface area contributed by atoms with Crippen LogP contribution in [-0.4, -0.2) is 22.7 Å². The zero-order valence-corrected chi connectivity index (χ0v) is 16.3. The number of allylic oxidation sites excluding steroid dienone is 1. The second-order valence-electron chi connectivity index (χ2n) is 6.28. The summed E-state index contributed by atoms with van der Waals surface area (Å²) in [6.45, 7) is 2.99. The summed E-state index contributed by atoms with van der Waals surface area (Å²) < 4.78 is 12.9. The molecular formula is C23H21N3O3. The number of ether oxygens (including phenoxy) is 2. The van der Waals surface area contributed by atoms with Gasteiger partial charge in [0, 0.05) is 18.3 Å². The van der Waals surface area contributed by atoms with E-state index in [1.807, 2.05) is 25.1 Å². The average Bonchev–Trinajstić information content (AvgIpc) is 3.26. The number of methoxy groups -OCH3 is 1. The van der Waals surface area contributed by atoms with Gasteiger partial charge in [-0.25, -0.2) is 0 Å². The fraction of sp³-hybridized carbons (Fsp3) is 0.174. The smallest absolute Gasteiger partial charge is 0.189 e. The Balaban J connectivity index is 1.71. The van der Waals surface area contributed by atoms with Gasteiger partial charge in [-0.15, -0.1) is 0 Å². The fourth-order valence-corrected chi connectivity index (χ4v) is 2.73. The first kappa shape index (κ1) is 19.9. The van der Waals surface area contributed by atoms with Gasteiger partial charge in [-0.1, -0.05) is 12.1 Å². The molecule has 6 nitrogen and oxygen atoms in total. The summed E-state index contributed by atoms with van der Waals surface area (Å²) in [5.74, 6) is 1.26. The van der Waals surface area contributed by atoms with E-state index in [1.165, 1.54) is 6.08 Å². The summed E-state index contributed by atoms with van der Waals surface area (Å²) in [5.41, 5.74) is 2.85. The Morgan fingerprint density at radius 2 is 2.03 bits per heavy atom. The van der Waals surface area contributed by atoms with E-state index in [-0.39, 0.29) is 5.78 Å². The molecular weight excluding hydrogens is 366 g/mol. The molecule has 0 aliphatic heterocycles. The quantitative estimate of drug-likeness (QED) is 0.426. The molecule has 0 atom stereocenters. The number of aromatic nitrogens is 2. The number of benzene rings is 2. The Labute approximate surface area is 169 Å². The third-order valence-corrected chi connectivity index (χ3v) is 4.35. The number of ketones is 1. The summed E-state index contributed by atoms with van der Waals surface area (Å²) >= 11 is 0. The molecule has 0 N–H and O–H groups in total. The summed E-state index contributed by atoms with van der Waals surface area (Å²) in [7, 11) is 1.60. The van der Waals surface area contributed by atoms with E-state index in [4.69, 9.17) is 14.7 Å². The SMILES string of the molecule is CCn1cc(C(=O)/C=C/c2ccc(OC)c(COc3ccc(C#N)cc3)c2)cn1. The minimum Gasteiger partial charge on any atom is -0.496 e. The van der Waals surface area contributed by atoms with Gasteiger partial charge in [0.1, 0.15) is 18.1 Å². The van der Waals surface area contributed by atoms with Crippen molar-refractivity contribution >= 4 is 11.9 Å². The lowest BCUT2D eigenvalue weighted by Crippen LogP contribution is -1.99. The molecule has 146 valence electrons. The molecule has 0 bridgehead atoms. The van der Waals surface area contributed by atoms with Crippen LogP contribution in [0.5, 0.6) is 11.5 Å². The minimum absolute atomic E-state index is 0.101. The van der Waals surface area contributed by atoms with Crippen LogP contribution in [0.25, 0.3) is 6.08 Å². The predicted molar refractivity (Wildman–Crippen MR) is 110 cm³/mol. The van der Waals surface area contributed by atoms with E-state index in [9.17, 15) is 4.79 Å². The predicted octanol–water partition coefficient (Wildman–Crippen LogP) is 4.26. The van der Waals surface area contributed by atoms with Crippen molar-refractivity contribution in [2.75, 3.05) is 7.11 Å². The largest absolute Gasteiger partial charge is 0.496 e. The van der Waals surface area contributed by atoms with Gasteiger partial charge in [0.05, 0.1) is 30.5 Å². The number of rotatable bonds is 8. The molecule has 0 aliphatic carbocycles. The monoisotopic (exact) mass is 387 g/mol. The molecule has 0 radical (unpaired) electrons. The Kier molecular flexibility index (Phi) is 6.43. The van der Waals surface area contributed by atoms with Crippen LogP contribution in [0.2, 0.25) is 0 Å². The number of nitriles is 1. The molecule has 0 saturated heterocycles. The van der Waals surface area contributed by atoms with Crippen LogP contribution in [0.3, 0.4) is 0 Å². The van der Waals surface area contributed by atoms with Crippen LogP contribution >= 0.6 is 0 Å². The molecule has 3 rings (SSSR count). The first-order chi connectivity index (χ1) is 14.1. The molecule has 0 amide bonds. The first-order valence-corrected chi connectivity index (χ1v) is 9.17. The Bertz CT molecular complexity index is 1060. The second-order valence-corrected chi connectivity index (χ2v) is 6.28. The van der Waals surface area contributed by atoms with Crippen LogP contribution < -0.4 is 9.47 Å². The molecule has 29 heavy (non-hydrogen) atoms. The van der Waals surface area contributed by atoms with Crippen molar-refractivity contribution in [3.63, 3.8) is 0 Å². The zero-order valence-electron chi connectivity index (χ0n) is 16.3. The molecule has 0 saturated carbocycles. The highest BCUT2D eigenvalue weighted by atomic mass is 16.5.